The van der Waals surface area contributed by atoms with E-state index in [-0.39, 0.29) is 5.91 Å². The number of piperazine rings is 1. The van der Waals surface area contributed by atoms with E-state index in [1.165, 1.54) is 0 Å². The quantitative estimate of drug-likeness (QED) is 0.689. The topological polar surface area (TPSA) is 60.9 Å². The maximum atomic E-state index is 12.5. The molecule has 0 radical (unpaired) electrons. The van der Waals surface area contributed by atoms with E-state index in [1.54, 1.807) is 19.4 Å². The number of rotatable bonds is 8. The largest absolute Gasteiger partial charge is 0.495 e. The van der Waals surface area contributed by atoms with Gasteiger partial charge in [0.1, 0.15) is 11.6 Å². The van der Waals surface area contributed by atoms with Crippen molar-refractivity contribution in [1.82, 2.24) is 15.2 Å². The number of pyridine rings is 1. The SMILES string of the molecule is COc1ccccc1N1CCN(CCCNC(=O)c2cccnc2N(C)C)CC1. The first-order chi connectivity index (χ1) is 14.1. The van der Waals surface area contributed by atoms with Crippen LogP contribution in [0.2, 0.25) is 0 Å². The Balaban J connectivity index is 1.41. The number of para-hydroxylation sites is 2. The Morgan fingerprint density at radius 2 is 1.90 bits per heavy atom. The molecule has 2 heterocycles. The van der Waals surface area contributed by atoms with Crippen LogP contribution in [-0.2, 0) is 0 Å². The normalized spacial score (nSPS) is 14.5. The van der Waals surface area contributed by atoms with Gasteiger partial charge in [-0.3, -0.25) is 9.69 Å². The summed E-state index contributed by atoms with van der Waals surface area (Å²) in [5.41, 5.74) is 1.78. The van der Waals surface area contributed by atoms with Gasteiger partial charge in [0, 0.05) is 53.0 Å². The number of hydrogen-bond acceptors (Lipinski definition) is 6. The Morgan fingerprint density at radius 3 is 2.62 bits per heavy atom. The molecule has 1 fully saturated rings. The fourth-order valence-electron chi connectivity index (χ4n) is 3.63. The van der Waals surface area contributed by atoms with Crippen molar-refractivity contribution in [3.8, 4) is 5.75 Å². The van der Waals surface area contributed by atoms with Gasteiger partial charge in [0.25, 0.3) is 5.91 Å². The number of aromatic nitrogens is 1. The van der Waals surface area contributed by atoms with E-state index in [0.29, 0.717) is 17.9 Å². The zero-order valence-electron chi connectivity index (χ0n) is 17.6. The van der Waals surface area contributed by atoms with Crippen molar-refractivity contribution in [2.45, 2.75) is 6.42 Å². The lowest BCUT2D eigenvalue weighted by molar-refractivity contribution is 0.0951. The summed E-state index contributed by atoms with van der Waals surface area (Å²) < 4.78 is 5.48. The van der Waals surface area contributed by atoms with Gasteiger partial charge in [-0.15, -0.1) is 0 Å². The van der Waals surface area contributed by atoms with Crippen LogP contribution in [0.4, 0.5) is 11.5 Å². The van der Waals surface area contributed by atoms with E-state index in [0.717, 1.165) is 50.6 Å². The summed E-state index contributed by atoms with van der Waals surface area (Å²) in [6, 6.07) is 11.8. The molecule has 1 aliphatic rings. The number of nitrogens with one attached hydrogen (secondary N) is 1. The smallest absolute Gasteiger partial charge is 0.255 e. The highest BCUT2D eigenvalue weighted by Gasteiger charge is 2.19. The predicted octanol–water partition coefficient (Wildman–Crippen LogP) is 2.10. The number of carbonyl (C=O) groups excluding carboxylic acids is 1. The molecule has 0 atom stereocenters. The molecule has 1 saturated heterocycles. The van der Waals surface area contributed by atoms with Crippen molar-refractivity contribution in [2.75, 3.05) is 70.3 Å². The highest BCUT2D eigenvalue weighted by Crippen LogP contribution is 2.28. The molecule has 7 heteroatoms. The van der Waals surface area contributed by atoms with Gasteiger partial charge in [0.15, 0.2) is 0 Å². The lowest BCUT2D eigenvalue weighted by atomic mass is 10.2. The molecule has 1 aromatic heterocycles. The predicted molar refractivity (Wildman–Crippen MR) is 117 cm³/mol. The average molecular weight is 398 g/mol. The fraction of sp³-hybridized carbons (Fsp3) is 0.455. The molecule has 2 aromatic rings. The first-order valence-electron chi connectivity index (χ1n) is 10.1. The number of hydrogen-bond donors (Lipinski definition) is 1. The van der Waals surface area contributed by atoms with Gasteiger partial charge in [0.2, 0.25) is 0 Å². The fourth-order valence-corrected chi connectivity index (χ4v) is 3.63. The summed E-state index contributed by atoms with van der Waals surface area (Å²) in [4.78, 5) is 23.4. The first kappa shape index (κ1) is 20.9. The lowest BCUT2D eigenvalue weighted by Crippen LogP contribution is -2.47. The standard InChI is InChI=1S/C22H31N5O2/c1-25(2)21-18(8-6-11-23-21)22(28)24-12-7-13-26-14-16-27(17-15-26)19-9-4-5-10-20(19)29-3/h4-6,8-11H,7,12-17H2,1-3H3,(H,24,28). The van der Waals surface area contributed by atoms with Crippen LogP contribution in [0.1, 0.15) is 16.8 Å². The van der Waals surface area contributed by atoms with Crippen LogP contribution >= 0.6 is 0 Å². The van der Waals surface area contributed by atoms with E-state index >= 15 is 0 Å². The summed E-state index contributed by atoms with van der Waals surface area (Å²) in [5, 5.41) is 3.02. The van der Waals surface area contributed by atoms with Crippen molar-refractivity contribution in [3.63, 3.8) is 0 Å². The lowest BCUT2D eigenvalue weighted by Gasteiger charge is -2.36. The molecular weight excluding hydrogens is 366 g/mol. The molecule has 0 bridgehead atoms. The molecule has 156 valence electrons. The molecule has 0 saturated carbocycles. The number of nitrogens with zero attached hydrogens (tertiary/aromatic N) is 4. The van der Waals surface area contributed by atoms with Crippen LogP contribution < -0.4 is 19.9 Å². The van der Waals surface area contributed by atoms with Gasteiger partial charge in [-0.05, 0) is 37.2 Å². The molecule has 1 aliphatic heterocycles. The molecule has 0 aliphatic carbocycles. The molecule has 7 nitrogen and oxygen atoms in total. The minimum atomic E-state index is -0.0669. The maximum Gasteiger partial charge on any atom is 0.255 e. The van der Waals surface area contributed by atoms with Crippen LogP contribution in [0, 0.1) is 0 Å². The molecule has 1 N–H and O–H groups in total. The van der Waals surface area contributed by atoms with Gasteiger partial charge in [-0.2, -0.15) is 0 Å². The van der Waals surface area contributed by atoms with Gasteiger partial charge in [0.05, 0.1) is 18.4 Å². The second-order valence-electron chi connectivity index (χ2n) is 7.38. The molecular formula is C22H31N5O2. The number of methoxy groups -OCH3 is 1. The van der Waals surface area contributed by atoms with Crippen LogP contribution in [0.3, 0.4) is 0 Å². The van der Waals surface area contributed by atoms with Gasteiger partial charge in [-0.1, -0.05) is 12.1 Å². The Labute approximate surface area is 173 Å². The van der Waals surface area contributed by atoms with Crippen LogP contribution in [-0.4, -0.2) is 76.3 Å². The number of anilines is 2. The number of amides is 1. The monoisotopic (exact) mass is 397 g/mol. The molecule has 0 spiro atoms. The van der Waals surface area contributed by atoms with E-state index < -0.39 is 0 Å². The third-order valence-electron chi connectivity index (χ3n) is 5.19. The van der Waals surface area contributed by atoms with Crippen LogP contribution in [0.5, 0.6) is 5.75 Å². The van der Waals surface area contributed by atoms with Crippen molar-refractivity contribution >= 4 is 17.4 Å². The van der Waals surface area contributed by atoms with Gasteiger partial charge in [-0.25, -0.2) is 4.98 Å². The zero-order chi connectivity index (χ0) is 20.6. The number of ether oxygens (including phenoxy) is 1. The van der Waals surface area contributed by atoms with E-state index in [1.807, 2.05) is 37.2 Å². The summed E-state index contributed by atoms with van der Waals surface area (Å²) in [5.74, 6) is 1.55. The number of carbonyl (C=O) groups is 1. The molecule has 29 heavy (non-hydrogen) atoms. The van der Waals surface area contributed by atoms with E-state index in [2.05, 4.69) is 32.2 Å². The molecule has 3 rings (SSSR count). The molecule has 0 unspecified atom stereocenters. The van der Waals surface area contributed by atoms with Crippen molar-refractivity contribution < 1.29 is 9.53 Å². The summed E-state index contributed by atoms with van der Waals surface area (Å²) in [6.45, 7) is 5.63. The Morgan fingerprint density at radius 1 is 1.14 bits per heavy atom. The highest BCUT2D eigenvalue weighted by atomic mass is 16.5. The second-order valence-corrected chi connectivity index (χ2v) is 7.38. The summed E-state index contributed by atoms with van der Waals surface area (Å²) in [6.07, 6.45) is 2.63. The summed E-state index contributed by atoms with van der Waals surface area (Å²) >= 11 is 0. The Hall–Kier alpha value is -2.80. The maximum absolute atomic E-state index is 12.5. The van der Waals surface area contributed by atoms with Crippen LogP contribution in [0.15, 0.2) is 42.6 Å². The highest BCUT2D eigenvalue weighted by molar-refractivity contribution is 5.98. The summed E-state index contributed by atoms with van der Waals surface area (Å²) in [7, 11) is 5.50. The van der Waals surface area contributed by atoms with Crippen LogP contribution in [0.25, 0.3) is 0 Å². The average Bonchev–Trinajstić information content (AvgIpc) is 2.77. The minimum absolute atomic E-state index is 0.0669. The Bertz CT molecular complexity index is 803. The van der Waals surface area contributed by atoms with Crippen molar-refractivity contribution in [3.05, 3.63) is 48.2 Å². The van der Waals surface area contributed by atoms with E-state index in [9.17, 15) is 4.79 Å². The Kier molecular flexibility index (Phi) is 7.30. The number of benzene rings is 1. The van der Waals surface area contributed by atoms with E-state index in [4.69, 9.17) is 4.74 Å². The van der Waals surface area contributed by atoms with Crippen molar-refractivity contribution in [1.29, 1.82) is 0 Å². The third-order valence-corrected chi connectivity index (χ3v) is 5.19. The zero-order valence-corrected chi connectivity index (χ0v) is 17.6. The minimum Gasteiger partial charge on any atom is -0.495 e. The van der Waals surface area contributed by atoms with Crippen molar-refractivity contribution in [2.24, 2.45) is 0 Å². The second kappa shape index (κ2) is 10.1. The van der Waals surface area contributed by atoms with Gasteiger partial charge < -0.3 is 19.9 Å². The first-order valence-corrected chi connectivity index (χ1v) is 10.1. The van der Waals surface area contributed by atoms with Gasteiger partial charge >= 0.3 is 0 Å². The molecule has 1 aromatic carbocycles. The molecule has 1 amide bonds. The third kappa shape index (κ3) is 5.38.